The van der Waals surface area contributed by atoms with Gasteiger partial charge in [-0.1, -0.05) is 0 Å². The molecule has 0 aliphatic carbocycles. The third-order valence-electron chi connectivity index (χ3n) is 0. The molecule has 0 aromatic carbocycles. The first kappa shape index (κ1) is 16.6. The molecule has 0 aliphatic heterocycles. The fraction of sp³-hybridized carbons (Fsp3) is 0. The van der Waals surface area contributed by atoms with E-state index in [0.717, 1.165) is 0 Å². The Hall–Kier alpha value is 1.05. The van der Waals surface area contributed by atoms with Gasteiger partial charge in [-0.15, -0.1) is 0 Å². The van der Waals surface area contributed by atoms with Gasteiger partial charge in [0, 0.05) is 6.57 Å². The van der Waals surface area contributed by atoms with Gasteiger partial charge in [0.05, 0.1) is 0 Å². The molecular weight excluding hydrogens is 97.1 g/mol. The van der Waals surface area contributed by atoms with Crippen molar-refractivity contribution in [2.45, 2.75) is 0 Å². The molecule has 0 heterocycles. The molecule has 0 rings (SSSR count). The van der Waals surface area contributed by atoms with Gasteiger partial charge in [0.1, 0.15) is 0 Å². The smallest absolute Gasteiger partial charge is 1.00 e. The van der Waals surface area contributed by atoms with E-state index in [1.165, 1.54) is 0 Å². The molecule has 0 amide bonds. The topological polar surface area (TPSA) is 64.2 Å². The number of hydrogen-bond acceptors (Lipinski definition) is 3. The average Bonchev–Trinajstić information content (AvgIpc) is 1.50. The van der Waals surface area contributed by atoms with E-state index in [1.54, 1.807) is 0 Å². The summed E-state index contributed by atoms with van der Waals surface area (Å²) in [4.78, 5) is 0. The van der Waals surface area contributed by atoms with E-state index < -0.39 is 0 Å². The first-order valence-corrected chi connectivity index (χ1v) is 0.458. The summed E-state index contributed by atoms with van der Waals surface area (Å²) >= 11 is 0. The van der Waals surface area contributed by atoms with Gasteiger partial charge in [-0.05, 0) is 0 Å². The molecule has 0 aromatic rings. The van der Waals surface area contributed by atoms with Crippen molar-refractivity contribution in [1.29, 1.82) is 5.26 Å². The van der Waals surface area contributed by atoms with Gasteiger partial charge in [-0.25, -0.2) is 5.26 Å². The van der Waals surface area contributed by atoms with Gasteiger partial charge in [0.15, 0.2) is 0 Å². The Kier molecular flexibility index (Phi) is 250. The number of nitriles is 1. The van der Waals surface area contributed by atoms with E-state index in [-0.39, 0.29) is 52.8 Å². The molecule has 5 heavy (non-hydrogen) atoms. The summed E-state index contributed by atoms with van der Waals surface area (Å²) < 4.78 is 0. The van der Waals surface area contributed by atoms with Crippen LogP contribution in [0.15, 0.2) is 0 Å². The van der Waals surface area contributed by atoms with Gasteiger partial charge >= 0.3 is 51.4 Å². The van der Waals surface area contributed by atoms with Crippen LogP contribution in [0.1, 0.15) is 1.43 Å². The van der Waals surface area contributed by atoms with Gasteiger partial charge in [0.25, 0.3) is 0 Å². The minimum Gasteiger partial charge on any atom is -1.00 e. The Bertz CT molecular complexity index is 18.3. The van der Waals surface area contributed by atoms with Crippen LogP contribution in [0, 0.1) is 11.8 Å². The molecule has 0 radical (unpaired) electrons. The van der Waals surface area contributed by atoms with Crippen LogP contribution in [0.4, 0.5) is 0 Å². The molecule has 0 spiro atoms. The Morgan fingerprint density at radius 1 is 1.40 bits per heavy atom. The van der Waals surface area contributed by atoms with Gasteiger partial charge in [-0.3, -0.25) is 10.5 Å². The van der Waals surface area contributed by atoms with E-state index in [1.807, 2.05) is 0 Å². The first-order chi connectivity index (χ1) is 2.00. The molecule has 2 N–H and O–H groups in total. The zero-order valence-corrected chi connectivity index (χ0v) is 6.04. The summed E-state index contributed by atoms with van der Waals surface area (Å²) in [7, 11) is 0. The molecule has 0 unspecified atom stereocenters. The Labute approximate surface area is 74.1 Å². The zero-order valence-electron chi connectivity index (χ0n) is 3.92. The normalized spacial score (nSPS) is 1.60. The minimum absolute atomic E-state index is 0. The van der Waals surface area contributed by atoms with Crippen LogP contribution in [-0.4, -0.2) is 10.5 Å². The van der Waals surface area contributed by atoms with E-state index in [4.69, 9.17) is 15.8 Å². The van der Waals surface area contributed by atoms with Crippen molar-refractivity contribution in [3.63, 3.8) is 0 Å². The van der Waals surface area contributed by atoms with E-state index in [0.29, 0.717) is 0 Å². The van der Waals surface area contributed by atoms with Gasteiger partial charge in [0.2, 0.25) is 0 Å². The SMILES string of the molecule is C#N.OO.[H-].[K+]. The standard InChI is InChI=1S/CHN.K.H2O2.H/c1-2;;1-2;/h1H;;1-2H;/q;+1;;-1. The first-order valence-electron chi connectivity index (χ1n) is 0.458. The van der Waals surface area contributed by atoms with Crippen molar-refractivity contribution in [1.82, 2.24) is 0 Å². The number of hydrogen-bond donors (Lipinski definition) is 2. The molecule has 3 nitrogen and oxygen atoms in total. The van der Waals surface area contributed by atoms with Crippen molar-refractivity contribution in [2.75, 3.05) is 0 Å². The largest absolute Gasteiger partial charge is 1.00 e. The second kappa shape index (κ2) is 75.5. The Morgan fingerprint density at radius 3 is 1.40 bits per heavy atom. The second-order valence-electron chi connectivity index (χ2n) is 0. The maximum atomic E-state index is 6.50. The van der Waals surface area contributed by atoms with Crippen LogP contribution in [0.25, 0.3) is 0 Å². The third-order valence-corrected chi connectivity index (χ3v) is 0. The van der Waals surface area contributed by atoms with Gasteiger partial charge in [-0.2, -0.15) is 0 Å². The quantitative estimate of drug-likeness (QED) is 0.198. The molecule has 0 aromatic heterocycles. The summed E-state index contributed by atoms with van der Waals surface area (Å²) in [5, 5.41) is 18.5. The molecule has 4 heteroatoms. The molecular formula is CH4KNO2. The van der Waals surface area contributed by atoms with Crippen molar-refractivity contribution in [3.05, 3.63) is 0 Å². The summed E-state index contributed by atoms with van der Waals surface area (Å²) in [6, 6.07) is 0. The average molecular weight is 101 g/mol. The second-order valence-corrected chi connectivity index (χ2v) is 0. The molecule has 0 aliphatic rings. The molecule has 0 saturated heterocycles. The maximum Gasteiger partial charge on any atom is 1.00 e. The molecule has 0 fully saturated rings. The summed E-state index contributed by atoms with van der Waals surface area (Å²) in [6.45, 7) is 3.50. The third kappa shape index (κ3) is 42.8. The monoisotopic (exact) mass is 101 g/mol. The van der Waals surface area contributed by atoms with Gasteiger partial charge < -0.3 is 1.43 Å². The fourth-order valence-electron chi connectivity index (χ4n) is 0. The number of nitrogens with zero attached hydrogens (tertiary/aromatic N) is 1. The Balaban J connectivity index is -0.00000000500. The van der Waals surface area contributed by atoms with Crippen LogP contribution in [-0.2, 0) is 0 Å². The summed E-state index contributed by atoms with van der Waals surface area (Å²) in [5.41, 5.74) is 0. The van der Waals surface area contributed by atoms with Crippen molar-refractivity contribution >= 4 is 0 Å². The van der Waals surface area contributed by atoms with Crippen molar-refractivity contribution in [2.24, 2.45) is 0 Å². The predicted molar refractivity (Wildman–Crippen MR) is 13.0 cm³/mol. The van der Waals surface area contributed by atoms with Crippen LogP contribution < -0.4 is 51.4 Å². The minimum atomic E-state index is 0. The Morgan fingerprint density at radius 2 is 1.40 bits per heavy atom. The van der Waals surface area contributed by atoms with E-state index in [2.05, 4.69) is 6.57 Å². The fourth-order valence-corrected chi connectivity index (χ4v) is 0. The molecule has 0 bridgehead atoms. The molecule has 0 atom stereocenters. The van der Waals surface area contributed by atoms with Crippen LogP contribution >= 0.6 is 0 Å². The molecule has 26 valence electrons. The van der Waals surface area contributed by atoms with Crippen LogP contribution in [0.3, 0.4) is 0 Å². The zero-order chi connectivity index (χ0) is 4.00. The summed E-state index contributed by atoms with van der Waals surface area (Å²) in [6.07, 6.45) is 0. The van der Waals surface area contributed by atoms with Crippen molar-refractivity contribution in [3.8, 4) is 6.57 Å². The van der Waals surface area contributed by atoms with Crippen molar-refractivity contribution < 1.29 is 63.3 Å². The predicted octanol–water partition coefficient (Wildman–Crippen LogP) is -2.73. The van der Waals surface area contributed by atoms with E-state index in [9.17, 15) is 0 Å². The van der Waals surface area contributed by atoms with Crippen LogP contribution in [0.2, 0.25) is 0 Å². The maximum absolute atomic E-state index is 6.50. The molecule has 0 saturated carbocycles. The van der Waals surface area contributed by atoms with Crippen LogP contribution in [0.5, 0.6) is 0 Å². The van der Waals surface area contributed by atoms with E-state index >= 15 is 0 Å². The summed E-state index contributed by atoms with van der Waals surface area (Å²) in [5.74, 6) is 0. The number of rotatable bonds is 0.